The number of rotatable bonds is 22. The number of benzene rings is 3. The number of aliphatic hydroxyl groups is 1. The van der Waals surface area contributed by atoms with Gasteiger partial charge in [-0.05, 0) is 78.9 Å². The van der Waals surface area contributed by atoms with E-state index >= 15 is 0 Å². The molecule has 0 heterocycles. The molecule has 1 atom stereocenters. The zero-order valence-electron chi connectivity index (χ0n) is 27.6. The Labute approximate surface area is 271 Å². The fourth-order valence-electron chi connectivity index (χ4n) is 5.48. The minimum absolute atomic E-state index is 0.350. The summed E-state index contributed by atoms with van der Waals surface area (Å²) in [7, 11) is 0. The Balaban J connectivity index is 1.37. The highest BCUT2D eigenvalue weighted by Crippen LogP contribution is 2.24. The maximum atomic E-state index is 12.7. The first-order valence-electron chi connectivity index (χ1n) is 17.4. The van der Waals surface area contributed by atoms with Crippen LogP contribution in [0.1, 0.15) is 155 Å². The zero-order valence-corrected chi connectivity index (χ0v) is 27.6. The highest BCUT2D eigenvalue weighted by molar-refractivity contribution is 5.92. The van der Waals surface area contributed by atoms with Gasteiger partial charge in [0, 0.05) is 0 Å². The molecule has 0 aliphatic rings. The summed E-state index contributed by atoms with van der Waals surface area (Å²) >= 11 is 0. The quantitative estimate of drug-likeness (QED) is 0.0692. The Kier molecular flexibility index (Phi) is 17.1. The van der Waals surface area contributed by atoms with E-state index in [0.29, 0.717) is 22.6 Å². The minimum Gasteiger partial charge on any atom is -0.423 e. The molecule has 45 heavy (non-hydrogen) atoms. The molecule has 3 aromatic rings. The normalized spacial score (nSPS) is 11.7. The SMILES string of the molecule is CCCCCCCCCCc1ccc(C(=O)Oc2ccc(C(=O)Oc3ccc([C@H](O)CCCCCCCCC)cc3)cc2)cc1. The van der Waals surface area contributed by atoms with Crippen LogP contribution < -0.4 is 9.47 Å². The highest BCUT2D eigenvalue weighted by atomic mass is 16.5. The first-order chi connectivity index (χ1) is 22.0. The molecule has 0 saturated carbocycles. The van der Waals surface area contributed by atoms with Crippen molar-refractivity contribution in [3.8, 4) is 11.5 Å². The molecule has 0 unspecified atom stereocenters. The van der Waals surface area contributed by atoms with Gasteiger partial charge in [0.1, 0.15) is 11.5 Å². The average Bonchev–Trinajstić information content (AvgIpc) is 3.06. The van der Waals surface area contributed by atoms with E-state index in [2.05, 4.69) is 13.8 Å². The summed E-state index contributed by atoms with van der Waals surface area (Å²) in [6.07, 6.45) is 20.1. The van der Waals surface area contributed by atoms with E-state index < -0.39 is 18.0 Å². The van der Waals surface area contributed by atoms with Gasteiger partial charge in [-0.2, -0.15) is 0 Å². The van der Waals surface area contributed by atoms with Gasteiger partial charge in [-0.15, -0.1) is 0 Å². The van der Waals surface area contributed by atoms with Crippen LogP contribution in [0.25, 0.3) is 0 Å². The fourth-order valence-corrected chi connectivity index (χ4v) is 5.48. The Morgan fingerprint density at radius 2 is 0.933 bits per heavy atom. The lowest BCUT2D eigenvalue weighted by Gasteiger charge is -2.12. The van der Waals surface area contributed by atoms with Gasteiger partial charge in [0.15, 0.2) is 0 Å². The topological polar surface area (TPSA) is 72.8 Å². The number of hydrogen-bond donors (Lipinski definition) is 1. The van der Waals surface area contributed by atoms with Gasteiger partial charge in [0.2, 0.25) is 0 Å². The second-order valence-corrected chi connectivity index (χ2v) is 12.2. The molecular formula is C40H54O5. The first-order valence-corrected chi connectivity index (χ1v) is 17.4. The molecule has 0 aliphatic heterocycles. The second kappa shape index (κ2) is 21.3. The van der Waals surface area contributed by atoms with Crippen LogP contribution in [0.3, 0.4) is 0 Å². The number of ether oxygens (including phenoxy) is 2. The number of esters is 2. The number of carbonyl (C=O) groups is 2. The average molecular weight is 615 g/mol. The van der Waals surface area contributed by atoms with Gasteiger partial charge in [-0.25, -0.2) is 9.59 Å². The molecule has 0 saturated heterocycles. The summed E-state index contributed by atoms with van der Waals surface area (Å²) in [5, 5.41) is 10.5. The Morgan fingerprint density at radius 1 is 0.533 bits per heavy atom. The molecule has 3 aromatic carbocycles. The third-order valence-corrected chi connectivity index (χ3v) is 8.37. The molecule has 0 amide bonds. The summed E-state index contributed by atoms with van der Waals surface area (Å²) in [6, 6.07) is 21.0. The summed E-state index contributed by atoms with van der Waals surface area (Å²) in [5.41, 5.74) is 2.90. The van der Waals surface area contributed by atoms with Gasteiger partial charge >= 0.3 is 11.9 Å². The van der Waals surface area contributed by atoms with Gasteiger partial charge in [0.05, 0.1) is 17.2 Å². The van der Waals surface area contributed by atoms with Crippen LogP contribution in [0.4, 0.5) is 0 Å². The van der Waals surface area contributed by atoms with E-state index in [0.717, 1.165) is 31.2 Å². The van der Waals surface area contributed by atoms with Crippen LogP contribution in [0.2, 0.25) is 0 Å². The van der Waals surface area contributed by atoms with E-state index in [-0.39, 0.29) is 0 Å². The predicted octanol–water partition coefficient (Wildman–Crippen LogP) is 11.0. The number of unbranched alkanes of at least 4 members (excludes halogenated alkanes) is 13. The summed E-state index contributed by atoms with van der Waals surface area (Å²) in [5.74, 6) is -0.165. The van der Waals surface area contributed by atoms with Crippen LogP contribution in [-0.4, -0.2) is 17.0 Å². The van der Waals surface area contributed by atoms with E-state index in [9.17, 15) is 14.7 Å². The Bertz CT molecular complexity index is 1230. The molecule has 0 radical (unpaired) electrons. The minimum atomic E-state index is -0.515. The fraction of sp³-hybridized carbons (Fsp3) is 0.500. The van der Waals surface area contributed by atoms with Crippen molar-refractivity contribution in [2.24, 2.45) is 0 Å². The van der Waals surface area contributed by atoms with E-state index in [4.69, 9.17) is 9.47 Å². The smallest absolute Gasteiger partial charge is 0.343 e. The molecule has 0 aliphatic carbocycles. The third kappa shape index (κ3) is 14.0. The number of aliphatic hydroxyl groups excluding tert-OH is 1. The summed E-state index contributed by atoms with van der Waals surface area (Å²) < 4.78 is 11.0. The Morgan fingerprint density at radius 3 is 1.42 bits per heavy atom. The van der Waals surface area contributed by atoms with Crippen molar-refractivity contribution in [2.75, 3.05) is 0 Å². The van der Waals surface area contributed by atoms with Crippen LogP contribution in [0, 0.1) is 0 Å². The molecule has 5 heteroatoms. The zero-order chi connectivity index (χ0) is 32.1. The highest BCUT2D eigenvalue weighted by Gasteiger charge is 2.13. The van der Waals surface area contributed by atoms with Crippen molar-refractivity contribution in [1.29, 1.82) is 0 Å². The first kappa shape index (κ1) is 36.0. The number of aryl methyl sites for hydroxylation is 1. The molecule has 3 rings (SSSR count). The molecule has 0 fully saturated rings. The van der Waals surface area contributed by atoms with Crippen LogP contribution >= 0.6 is 0 Å². The number of hydrogen-bond acceptors (Lipinski definition) is 5. The van der Waals surface area contributed by atoms with E-state index in [1.54, 1.807) is 48.5 Å². The molecule has 0 aromatic heterocycles. The van der Waals surface area contributed by atoms with Crippen molar-refractivity contribution in [3.05, 3.63) is 95.1 Å². The summed E-state index contributed by atoms with van der Waals surface area (Å²) in [4.78, 5) is 25.3. The standard InChI is InChI=1S/C40H54O5/c1-3-5-7-9-11-13-14-16-18-32-20-22-34(23-21-32)39(42)45-37-30-26-35(27-31-37)40(43)44-36-28-24-33(25-29-36)38(41)19-17-15-12-10-8-6-4-2/h20-31,38,41H,3-19H2,1-2H3/t38-/m1/s1. The molecule has 0 bridgehead atoms. The van der Waals surface area contributed by atoms with Crippen LogP contribution in [0.5, 0.6) is 11.5 Å². The van der Waals surface area contributed by atoms with Crippen molar-refractivity contribution < 1.29 is 24.2 Å². The maximum Gasteiger partial charge on any atom is 0.343 e. The number of carbonyl (C=O) groups excluding carboxylic acids is 2. The molecule has 0 spiro atoms. The largest absolute Gasteiger partial charge is 0.423 e. The van der Waals surface area contributed by atoms with Gasteiger partial charge < -0.3 is 14.6 Å². The monoisotopic (exact) mass is 614 g/mol. The van der Waals surface area contributed by atoms with Crippen LogP contribution in [0.15, 0.2) is 72.8 Å². The lowest BCUT2D eigenvalue weighted by Crippen LogP contribution is -2.10. The van der Waals surface area contributed by atoms with Crippen LogP contribution in [-0.2, 0) is 6.42 Å². The third-order valence-electron chi connectivity index (χ3n) is 8.37. The van der Waals surface area contributed by atoms with Gasteiger partial charge in [-0.3, -0.25) is 0 Å². The molecule has 1 N–H and O–H groups in total. The molecular weight excluding hydrogens is 560 g/mol. The van der Waals surface area contributed by atoms with Crippen molar-refractivity contribution in [2.45, 2.75) is 129 Å². The molecule has 244 valence electrons. The molecule has 5 nitrogen and oxygen atoms in total. The van der Waals surface area contributed by atoms with E-state index in [1.807, 2.05) is 24.3 Å². The van der Waals surface area contributed by atoms with Gasteiger partial charge in [-0.1, -0.05) is 128 Å². The predicted molar refractivity (Wildman–Crippen MR) is 183 cm³/mol. The van der Waals surface area contributed by atoms with Crippen molar-refractivity contribution >= 4 is 11.9 Å². The lowest BCUT2D eigenvalue weighted by atomic mass is 10.0. The van der Waals surface area contributed by atoms with Crippen molar-refractivity contribution in [1.82, 2.24) is 0 Å². The lowest BCUT2D eigenvalue weighted by molar-refractivity contribution is 0.0730. The summed E-state index contributed by atoms with van der Waals surface area (Å²) in [6.45, 7) is 4.47. The second-order valence-electron chi connectivity index (χ2n) is 12.2. The van der Waals surface area contributed by atoms with Crippen molar-refractivity contribution in [3.63, 3.8) is 0 Å². The maximum absolute atomic E-state index is 12.7. The van der Waals surface area contributed by atoms with E-state index in [1.165, 1.54) is 89.0 Å². The Hall–Kier alpha value is -3.44. The van der Waals surface area contributed by atoms with Gasteiger partial charge in [0.25, 0.3) is 0 Å².